The van der Waals surface area contributed by atoms with Crippen LogP contribution in [0.25, 0.3) is 6.08 Å². The van der Waals surface area contributed by atoms with Gasteiger partial charge in [-0.2, -0.15) is 5.26 Å². The van der Waals surface area contributed by atoms with Gasteiger partial charge < -0.3 is 4.57 Å². The van der Waals surface area contributed by atoms with Crippen LogP contribution in [0.5, 0.6) is 0 Å². The average molecular weight is 186 g/mol. The number of aryl methyl sites for hydroxylation is 2. The Bertz CT molecular complexity index is 428. The van der Waals surface area contributed by atoms with Crippen molar-refractivity contribution in [2.24, 2.45) is 7.05 Å². The van der Waals surface area contributed by atoms with Crippen LogP contribution < -0.4 is 0 Å². The first-order valence-corrected chi connectivity index (χ1v) is 4.46. The molecule has 0 aliphatic heterocycles. The maximum absolute atomic E-state index is 8.55. The van der Waals surface area contributed by atoms with Gasteiger partial charge in [-0.3, -0.25) is 0 Å². The van der Waals surface area contributed by atoms with Crippen LogP contribution in [-0.2, 0) is 7.05 Å². The molecule has 0 amide bonds. The van der Waals surface area contributed by atoms with Gasteiger partial charge in [0.25, 0.3) is 0 Å². The van der Waals surface area contributed by atoms with E-state index < -0.39 is 0 Å². The van der Waals surface area contributed by atoms with Gasteiger partial charge in [0, 0.05) is 24.5 Å². The first-order valence-electron chi connectivity index (χ1n) is 4.46. The third-order valence-corrected chi connectivity index (χ3v) is 2.33. The van der Waals surface area contributed by atoms with Gasteiger partial charge in [-0.25, -0.2) is 0 Å². The minimum Gasteiger partial charge on any atom is -0.354 e. The van der Waals surface area contributed by atoms with E-state index in [0.717, 1.165) is 0 Å². The molecular formula is C12H14N2. The molecule has 14 heavy (non-hydrogen) atoms. The summed E-state index contributed by atoms with van der Waals surface area (Å²) in [4.78, 5) is 0. The van der Waals surface area contributed by atoms with Crippen molar-refractivity contribution in [3.63, 3.8) is 0 Å². The second-order valence-electron chi connectivity index (χ2n) is 3.39. The van der Waals surface area contributed by atoms with Crippen molar-refractivity contribution in [1.82, 2.24) is 4.57 Å². The van der Waals surface area contributed by atoms with Crippen molar-refractivity contribution in [2.75, 3.05) is 0 Å². The fourth-order valence-corrected chi connectivity index (χ4v) is 1.41. The zero-order chi connectivity index (χ0) is 10.7. The van der Waals surface area contributed by atoms with E-state index in [0.29, 0.717) is 5.57 Å². The van der Waals surface area contributed by atoms with Gasteiger partial charge in [-0.15, -0.1) is 0 Å². The predicted octanol–water partition coefficient (Wildman–Crippen LogP) is 2.73. The molecule has 0 saturated carbocycles. The smallest absolute Gasteiger partial charge is 0.0985 e. The standard InChI is InChI=1S/C12H14N2/c1-9(7-13)5-6-12-10(2)8-14(4)11(12)3/h5-6,8H,1H2,2-4H3/b6-5-. The summed E-state index contributed by atoms with van der Waals surface area (Å²) in [6.45, 7) is 7.71. The fraction of sp³-hybridized carbons (Fsp3) is 0.250. The Morgan fingerprint density at radius 1 is 1.57 bits per heavy atom. The zero-order valence-electron chi connectivity index (χ0n) is 8.83. The first-order chi connectivity index (χ1) is 6.56. The van der Waals surface area contributed by atoms with E-state index in [2.05, 4.69) is 31.2 Å². The zero-order valence-corrected chi connectivity index (χ0v) is 8.83. The fourth-order valence-electron chi connectivity index (χ4n) is 1.41. The van der Waals surface area contributed by atoms with Crippen molar-refractivity contribution >= 4 is 6.08 Å². The third-order valence-electron chi connectivity index (χ3n) is 2.33. The Morgan fingerprint density at radius 2 is 2.21 bits per heavy atom. The molecule has 0 saturated heterocycles. The van der Waals surface area contributed by atoms with E-state index in [9.17, 15) is 0 Å². The molecule has 0 radical (unpaired) electrons. The maximum atomic E-state index is 8.55. The Morgan fingerprint density at radius 3 is 2.64 bits per heavy atom. The normalized spacial score (nSPS) is 10.4. The number of aromatic nitrogens is 1. The molecule has 1 aromatic rings. The van der Waals surface area contributed by atoms with E-state index in [1.54, 1.807) is 6.08 Å². The third kappa shape index (κ3) is 1.94. The number of nitrogens with zero attached hydrogens (tertiary/aromatic N) is 2. The molecule has 1 aromatic heterocycles. The van der Waals surface area contributed by atoms with Gasteiger partial charge in [0.05, 0.1) is 6.07 Å². The Balaban J connectivity index is 3.04. The van der Waals surface area contributed by atoms with Gasteiger partial charge >= 0.3 is 0 Å². The number of hydrogen-bond acceptors (Lipinski definition) is 1. The van der Waals surface area contributed by atoms with Crippen molar-refractivity contribution < 1.29 is 0 Å². The monoisotopic (exact) mass is 186 g/mol. The SMILES string of the molecule is C=C(C#N)/C=C\c1c(C)cn(C)c1C. The quantitative estimate of drug-likeness (QED) is 0.515. The second-order valence-corrected chi connectivity index (χ2v) is 3.39. The maximum Gasteiger partial charge on any atom is 0.0985 e. The average Bonchev–Trinajstić information content (AvgIpc) is 2.39. The summed E-state index contributed by atoms with van der Waals surface area (Å²) in [6.07, 6.45) is 5.76. The first kappa shape index (κ1) is 10.3. The Labute approximate surface area is 84.8 Å². The molecule has 72 valence electrons. The van der Waals surface area contributed by atoms with Gasteiger partial charge in [-0.05, 0) is 31.1 Å². The topological polar surface area (TPSA) is 28.7 Å². The number of allylic oxidation sites excluding steroid dienone is 2. The summed E-state index contributed by atoms with van der Waals surface area (Å²) >= 11 is 0. The highest BCUT2D eigenvalue weighted by Gasteiger charge is 2.03. The summed E-state index contributed by atoms with van der Waals surface area (Å²) in [7, 11) is 2.01. The van der Waals surface area contributed by atoms with Crippen LogP contribution in [0.1, 0.15) is 16.8 Å². The molecule has 0 aliphatic rings. The lowest BCUT2D eigenvalue weighted by Gasteiger charge is -1.96. The van der Waals surface area contributed by atoms with E-state index >= 15 is 0 Å². The summed E-state index contributed by atoms with van der Waals surface area (Å²) in [5.74, 6) is 0. The lowest BCUT2D eigenvalue weighted by atomic mass is 10.1. The minimum atomic E-state index is 0.479. The molecule has 0 aliphatic carbocycles. The van der Waals surface area contributed by atoms with Gasteiger partial charge in [0.1, 0.15) is 0 Å². The van der Waals surface area contributed by atoms with Crippen LogP contribution in [0.2, 0.25) is 0 Å². The lowest BCUT2D eigenvalue weighted by molar-refractivity contribution is 0.879. The van der Waals surface area contributed by atoms with E-state index in [-0.39, 0.29) is 0 Å². The van der Waals surface area contributed by atoms with Gasteiger partial charge in [0.2, 0.25) is 0 Å². The van der Waals surface area contributed by atoms with Crippen molar-refractivity contribution in [3.8, 4) is 6.07 Å². The lowest BCUT2D eigenvalue weighted by Crippen LogP contribution is -1.87. The summed E-state index contributed by atoms with van der Waals surface area (Å²) in [6, 6.07) is 1.99. The molecular weight excluding hydrogens is 172 g/mol. The van der Waals surface area contributed by atoms with Crippen LogP contribution in [-0.4, -0.2) is 4.57 Å². The number of nitriles is 1. The van der Waals surface area contributed by atoms with Crippen LogP contribution in [0.4, 0.5) is 0 Å². The second kappa shape index (κ2) is 3.97. The highest BCUT2D eigenvalue weighted by atomic mass is 14.9. The Kier molecular flexibility index (Phi) is 2.93. The summed E-state index contributed by atoms with van der Waals surface area (Å²) in [5, 5.41) is 8.55. The predicted molar refractivity (Wildman–Crippen MR) is 58.7 cm³/mol. The molecule has 0 atom stereocenters. The number of rotatable bonds is 2. The molecule has 0 aromatic carbocycles. The van der Waals surface area contributed by atoms with E-state index in [1.165, 1.54) is 16.8 Å². The molecule has 0 fully saturated rings. The Hall–Kier alpha value is -1.75. The van der Waals surface area contributed by atoms with Crippen molar-refractivity contribution in [3.05, 3.63) is 41.2 Å². The van der Waals surface area contributed by atoms with Crippen molar-refractivity contribution in [1.29, 1.82) is 5.26 Å². The molecule has 2 nitrogen and oxygen atoms in total. The van der Waals surface area contributed by atoms with Gasteiger partial charge in [0.15, 0.2) is 0 Å². The molecule has 0 bridgehead atoms. The molecule has 1 rings (SSSR count). The van der Waals surface area contributed by atoms with Crippen LogP contribution >= 0.6 is 0 Å². The summed E-state index contributed by atoms with van der Waals surface area (Å²) < 4.78 is 2.07. The molecule has 0 N–H and O–H groups in total. The largest absolute Gasteiger partial charge is 0.354 e. The highest BCUT2D eigenvalue weighted by Crippen LogP contribution is 2.17. The molecule has 2 heteroatoms. The van der Waals surface area contributed by atoms with Crippen LogP contribution in [0.3, 0.4) is 0 Å². The molecule has 0 spiro atoms. The van der Waals surface area contributed by atoms with E-state index in [1.807, 2.05) is 19.2 Å². The van der Waals surface area contributed by atoms with Crippen LogP contribution in [0.15, 0.2) is 24.4 Å². The minimum absolute atomic E-state index is 0.479. The summed E-state index contributed by atoms with van der Waals surface area (Å²) in [5.41, 5.74) is 4.06. The molecule has 0 unspecified atom stereocenters. The highest BCUT2D eigenvalue weighted by molar-refractivity contribution is 5.60. The van der Waals surface area contributed by atoms with Gasteiger partial charge in [-0.1, -0.05) is 12.7 Å². The van der Waals surface area contributed by atoms with Crippen LogP contribution in [0, 0.1) is 25.2 Å². The molecule has 1 heterocycles. The van der Waals surface area contributed by atoms with Crippen molar-refractivity contribution in [2.45, 2.75) is 13.8 Å². The van der Waals surface area contributed by atoms with E-state index in [4.69, 9.17) is 5.26 Å². The number of hydrogen-bond donors (Lipinski definition) is 0.